The number of carbonyl (C=O) groups excluding carboxylic acids is 1. The third kappa shape index (κ3) is 2.66. The molecule has 6 nitrogen and oxygen atoms in total. The van der Waals surface area contributed by atoms with Crippen molar-refractivity contribution in [3.05, 3.63) is 93.5 Å². The summed E-state index contributed by atoms with van der Waals surface area (Å²) in [4.78, 5) is 27.5. The molecule has 1 atom stereocenters. The van der Waals surface area contributed by atoms with Gasteiger partial charge in [0, 0.05) is 5.56 Å². The van der Waals surface area contributed by atoms with Crippen molar-refractivity contribution >= 4 is 22.7 Å². The molecule has 2 heterocycles. The topological polar surface area (TPSA) is 95.3 Å². The molecule has 1 unspecified atom stereocenters. The highest BCUT2D eigenvalue weighted by Crippen LogP contribution is 2.51. The summed E-state index contributed by atoms with van der Waals surface area (Å²) < 4.78 is 46.0. The molecule has 0 saturated carbocycles. The van der Waals surface area contributed by atoms with Crippen LogP contribution in [0.3, 0.4) is 0 Å². The number of hydrogen-bond acceptors (Lipinski definition) is 4. The van der Waals surface area contributed by atoms with Gasteiger partial charge in [-0.3, -0.25) is 9.78 Å². The van der Waals surface area contributed by atoms with Crippen LogP contribution in [0, 0.1) is 0 Å². The number of hydrogen-bond donors (Lipinski definition) is 3. The molecule has 1 aliphatic heterocycles. The fraction of sp³-hybridized carbons (Fsp3) is 0.0909. The lowest BCUT2D eigenvalue weighted by atomic mass is 9.70. The van der Waals surface area contributed by atoms with Crippen LogP contribution in [0.25, 0.3) is 11.1 Å². The Balaban J connectivity index is 1.88. The zero-order valence-electron chi connectivity index (χ0n) is 15.6. The summed E-state index contributed by atoms with van der Waals surface area (Å²) in [6, 6.07) is 13.8. The van der Waals surface area contributed by atoms with Crippen LogP contribution < -0.4 is 11.1 Å². The molecule has 0 saturated heterocycles. The van der Waals surface area contributed by atoms with Crippen molar-refractivity contribution in [1.82, 2.24) is 4.98 Å². The standard InChI is InChI=1S/C22H13F3N2O4/c23-22(24,25)15-3-1-2-14-18(15)27-19(29)21(14,11-4-7-13(28)8-5-11)12-6-9-17-16(10-12)26-20(30)31-17/h1-10,28H,(H,26,30)(H,27,29). The quantitative estimate of drug-likeness (QED) is 0.449. The number of aromatic nitrogens is 1. The average Bonchev–Trinajstić information content (AvgIpc) is 3.23. The van der Waals surface area contributed by atoms with E-state index in [-0.39, 0.29) is 22.6 Å². The maximum Gasteiger partial charge on any atom is 0.418 e. The number of benzene rings is 3. The van der Waals surface area contributed by atoms with E-state index in [1.807, 2.05) is 0 Å². The van der Waals surface area contributed by atoms with Gasteiger partial charge in [0.15, 0.2) is 5.58 Å². The Kier molecular flexibility index (Phi) is 3.82. The predicted octanol–water partition coefficient (Wildman–Crippen LogP) is 4.13. The van der Waals surface area contributed by atoms with Crippen LogP contribution >= 0.6 is 0 Å². The molecule has 0 spiro atoms. The van der Waals surface area contributed by atoms with Crippen LogP contribution in [0.2, 0.25) is 0 Å². The first-order valence-electron chi connectivity index (χ1n) is 9.16. The van der Waals surface area contributed by atoms with Gasteiger partial charge in [0.1, 0.15) is 11.2 Å². The second-order valence-electron chi connectivity index (χ2n) is 7.20. The molecule has 0 fully saturated rings. The number of halogens is 3. The molecule has 0 bridgehead atoms. The molecular weight excluding hydrogens is 413 g/mol. The van der Waals surface area contributed by atoms with Crippen molar-refractivity contribution in [1.29, 1.82) is 0 Å². The normalized spacial score (nSPS) is 18.2. The third-order valence-corrected chi connectivity index (χ3v) is 5.51. The summed E-state index contributed by atoms with van der Waals surface area (Å²) in [7, 11) is 0. The summed E-state index contributed by atoms with van der Waals surface area (Å²) in [6.07, 6.45) is -4.68. The number of fused-ring (bicyclic) bond motifs is 2. The van der Waals surface area contributed by atoms with Crippen molar-refractivity contribution in [2.24, 2.45) is 0 Å². The van der Waals surface area contributed by atoms with Gasteiger partial charge in [-0.2, -0.15) is 13.2 Å². The summed E-state index contributed by atoms with van der Waals surface area (Å²) in [6.45, 7) is 0. The first-order chi connectivity index (χ1) is 14.7. The molecule has 31 heavy (non-hydrogen) atoms. The number of rotatable bonds is 2. The van der Waals surface area contributed by atoms with E-state index in [1.54, 1.807) is 0 Å². The maximum atomic E-state index is 13.7. The van der Waals surface area contributed by atoms with E-state index in [4.69, 9.17) is 4.42 Å². The van der Waals surface area contributed by atoms with Crippen molar-refractivity contribution in [2.75, 3.05) is 5.32 Å². The van der Waals surface area contributed by atoms with Crippen LogP contribution in [-0.4, -0.2) is 16.0 Å². The van der Waals surface area contributed by atoms with Gasteiger partial charge in [-0.25, -0.2) is 4.79 Å². The lowest BCUT2D eigenvalue weighted by molar-refractivity contribution is -0.136. The SMILES string of the molecule is O=C1Nc2c(C(F)(F)F)cccc2C1(c1ccc(O)cc1)c1ccc2oc(=O)[nH]c2c1. The zero-order valence-corrected chi connectivity index (χ0v) is 15.6. The number of anilines is 1. The number of oxazole rings is 1. The minimum absolute atomic E-state index is 0.0591. The van der Waals surface area contributed by atoms with Gasteiger partial charge in [-0.15, -0.1) is 0 Å². The molecule has 3 aromatic carbocycles. The summed E-state index contributed by atoms with van der Waals surface area (Å²) in [5.41, 5.74) is -1.59. The number of H-pyrrole nitrogens is 1. The largest absolute Gasteiger partial charge is 0.508 e. The van der Waals surface area contributed by atoms with Crippen LogP contribution in [0.4, 0.5) is 18.9 Å². The van der Waals surface area contributed by atoms with E-state index in [0.717, 1.165) is 6.07 Å². The first-order valence-corrected chi connectivity index (χ1v) is 9.16. The third-order valence-electron chi connectivity index (χ3n) is 5.51. The van der Waals surface area contributed by atoms with Crippen molar-refractivity contribution in [3.8, 4) is 5.75 Å². The average molecular weight is 426 g/mol. The number of amides is 1. The fourth-order valence-corrected chi connectivity index (χ4v) is 4.20. The molecule has 4 aromatic rings. The number of phenols is 1. The van der Waals surface area contributed by atoms with Gasteiger partial charge in [-0.1, -0.05) is 30.3 Å². The van der Waals surface area contributed by atoms with Gasteiger partial charge in [-0.05, 0) is 41.5 Å². The van der Waals surface area contributed by atoms with Crippen molar-refractivity contribution in [2.45, 2.75) is 11.6 Å². The second-order valence-corrected chi connectivity index (χ2v) is 7.20. The fourth-order valence-electron chi connectivity index (χ4n) is 4.20. The Morgan fingerprint density at radius 1 is 0.935 bits per heavy atom. The molecule has 0 aliphatic carbocycles. The van der Waals surface area contributed by atoms with Gasteiger partial charge in [0.05, 0.1) is 16.8 Å². The smallest absolute Gasteiger partial charge is 0.418 e. The minimum atomic E-state index is -4.68. The Labute approximate surface area is 171 Å². The lowest BCUT2D eigenvalue weighted by Crippen LogP contribution is -2.37. The molecule has 0 radical (unpaired) electrons. The van der Waals surface area contributed by atoms with Gasteiger partial charge >= 0.3 is 11.9 Å². The lowest BCUT2D eigenvalue weighted by Gasteiger charge is -2.29. The number of carbonyl (C=O) groups is 1. The molecular formula is C22H13F3N2O4. The number of phenolic OH excluding ortho intramolecular Hbond substituents is 1. The van der Waals surface area contributed by atoms with E-state index in [1.165, 1.54) is 54.6 Å². The van der Waals surface area contributed by atoms with Gasteiger partial charge < -0.3 is 14.8 Å². The van der Waals surface area contributed by atoms with Gasteiger partial charge in [0.25, 0.3) is 0 Å². The van der Waals surface area contributed by atoms with E-state index in [9.17, 15) is 27.9 Å². The highest BCUT2D eigenvalue weighted by atomic mass is 19.4. The Morgan fingerprint density at radius 3 is 2.35 bits per heavy atom. The summed E-state index contributed by atoms with van der Waals surface area (Å²) in [5.74, 6) is -1.44. The number of aromatic hydroxyl groups is 1. The number of aromatic amines is 1. The summed E-state index contributed by atoms with van der Waals surface area (Å²) in [5, 5.41) is 12.1. The number of alkyl halides is 3. The minimum Gasteiger partial charge on any atom is -0.508 e. The molecule has 9 heteroatoms. The van der Waals surface area contributed by atoms with Crippen molar-refractivity contribution in [3.63, 3.8) is 0 Å². The molecule has 1 aliphatic rings. The molecule has 1 aromatic heterocycles. The maximum absolute atomic E-state index is 13.7. The first kappa shape index (κ1) is 19.0. The molecule has 1 amide bonds. The zero-order chi connectivity index (χ0) is 22.0. The Bertz CT molecular complexity index is 1400. The second kappa shape index (κ2) is 6.24. The number of para-hydroxylation sites is 1. The van der Waals surface area contributed by atoms with Crippen LogP contribution in [0.15, 0.2) is 69.9 Å². The van der Waals surface area contributed by atoms with E-state index in [2.05, 4.69) is 10.3 Å². The highest BCUT2D eigenvalue weighted by molar-refractivity contribution is 6.12. The van der Waals surface area contributed by atoms with Crippen LogP contribution in [0.1, 0.15) is 22.3 Å². The molecule has 3 N–H and O–H groups in total. The Hall–Kier alpha value is -4.01. The molecule has 156 valence electrons. The summed E-state index contributed by atoms with van der Waals surface area (Å²) >= 11 is 0. The predicted molar refractivity (Wildman–Crippen MR) is 105 cm³/mol. The van der Waals surface area contributed by atoms with Crippen LogP contribution in [-0.2, 0) is 16.4 Å². The van der Waals surface area contributed by atoms with Crippen molar-refractivity contribution < 1.29 is 27.5 Å². The Morgan fingerprint density at radius 2 is 1.65 bits per heavy atom. The number of nitrogens with one attached hydrogen (secondary N) is 2. The monoisotopic (exact) mass is 426 g/mol. The van der Waals surface area contributed by atoms with E-state index in [0.29, 0.717) is 16.6 Å². The molecule has 5 rings (SSSR count). The van der Waals surface area contributed by atoms with Crippen LogP contribution in [0.5, 0.6) is 5.75 Å². The highest BCUT2D eigenvalue weighted by Gasteiger charge is 2.52. The van der Waals surface area contributed by atoms with E-state index < -0.39 is 28.8 Å². The van der Waals surface area contributed by atoms with E-state index >= 15 is 0 Å². The van der Waals surface area contributed by atoms with Gasteiger partial charge in [0.2, 0.25) is 5.91 Å².